The molecule has 2 rings (SSSR count). The highest BCUT2D eigenvalue weighted by Gasteiger charge is 2.50. The van der Waals surface area contributed by atoms with Crippen LogP contribution in [0.2, 0.25) is 0 Å². The predicted octanol–water partition coefficient (Wildman–Crippen LogP) is 2.05. The van der Waals surface area contributed by atoms with Crippen LogP contribution in [0.3, 0.4) is 0 Å². The van der Waals surface area contributed by atoms with E-state index < -0.39 is 20.9 Å². The number of hydrogen-bond donors (Lipinski definition) is 2. The van der Waals surface area contributed by atoms with E-state index in [4.69, 9.17) is 0 Å². The van der Waals surface area contributed by atoms with Crippen molar-refractivity contribution >= 4 is 21.8 Å². The normalized spacial score (nSPS) is 19.3. The van der Waals surface area contributed by atoms with Crippen molar-refractivity contribution in [3.8, 4) is 0 Å². The first-order valence-corrected chi connectivity index (χ1v) is 11.0. The first-order valence-electron chi connectivity index (χ1n) is 9.56. The number of carbonyl (C=O) groups is 2. The summed E-state index contributed by atoms with van der Waals surface area (Å²) in [4.78, 5) is 23.1. The van der Waals surface area contributed by atoms with Gasteiger partial charge < -0.3 is 10.6 Å². The summed E-state index contributed by atoms with van der Waals surface area (Å²) in [6.07, 6.45) is 1.23. The van der Waals surface area contributed by atoms with E-state index in [-0.39, 0.29) is 35.8 Å². The topological polar surface area (TPSA) is 95.6 Å². The average Bonchev–Trinajstić information content (AvgIpc) is 2.62. The largest absolute Gasteiger partial charge is 0.352 e. The predicted molar refractivity (Wildman–Crippen MR) is 112 cm³/mol. The third-order valence-corrected chi connectivity index (χ3v) is 7.11. The SMILES string of the molecule is C=CC(=O)NC1C(C)(C)CN(S(=O)(=O)c2ccc(CNC(C)=O)cc2)CC1(C)C. The molecular formula is C21H31N3O4S. The van der Waals surface area contributed by atoms with Gasteiger partial charge in [-0.3, -0.25) is 9.59 Å². The number of piperidine rings is 1. The summed E-state index contributed by atoms with van der Waals surface area (Å²) in [7, 11) is -3.70. The van der Waals surface area contributed by atoms with Crippen molar-refractivity contribution in [2.75, 3.05) is 13.1 Å². The molecule has 1 aliphatic rings. The van der Waals surface area contributed by atoms with Crippen molar-refractivity contribution in [2.24, 2.45) is 10.8 Å². The highest BCUT2D eigenvalue weighted by Crippen LogP contribution is 2.42. The fourth-order valence-corrected chi connectivity index (χ4v) is 5.91. The number of hydrogen-bond acceptors (Lipinski definition) is 4. The maximum atomic E-state index is 13.3. The zero-order valence-electron chi connectivity index (χ0n) is 17.8. The number of amides is 2. The fourth-order valence-electron chi connectivity index (χ4n) is 4.12. The molecule has 1 aliphatic heterocycles. The molecule has 0 aliphatic carbocycles. The molecule has 1 heterocycles. The Kier molecular flexibility index (Phi) is 6.59. The van der Waals surface area contributed by atoms with Gasteiger partial charge in [-0.15, -0.1) is 0 Å². The van der Waals surface area contributed by atoms with Gasteiger partial charge in [0.15, 0.2) is 0 Å². The summed E-state index contributed by atoms with van der Waals surface area (Å²) in [5.41, 5.74) is -0.122. The molecule has 29 heavy (non-hydrogen) atoms. The van der Waals surface area contributed by atoms with E-state index in [9.17, 15) is 18.0 Å². The van der Waals surface area contributed by atoms with Crippen molar-refractivity contribution in [1.29, 1.82) is 0 Å². The molecule has 0 spiro atoms. The number of sulfonamides is 1. The Morgan fingerprint density at radius 1 is 1.14 bits per heavy atom. The summed E-state index contributed by atoms with van der Waals surface area (Å²) >= 11 is 0. The molecule has 2 N–H and O–H groups in total. The second kappa shape index (κ2) is 8.28. The van der Waals surface area contributed by atoms with E-state index in [2.05, 4.69) is 17.2 Å². The van der Waals surface area contributed by atoms with Crippen LogP contribution in [0, 0.1) is 10.8 Å². The van der Waals surface area contributed by atoms with Crippen LogP contribution in [0.25, 0.3) is 0 Å². The minimum atomic E-state index is -3.70. The van der Waals surface area contributed by atoms with Crippen LogP contribution < -0.4 is 10.6 Å². The van der Waals surface area contributed by atoms with Crippen LogP contribution >= 0.6 is 0 Å². The van der Waals surface area contributed by atoms with E-state index in [1.54, 1.807) is 24.3 Å². The highest BCUT2D eigenvalue weighted by atomic mass is 32.2. The molecule has 2 amide bonds. The number of carbonyl (C=O) groups excluding carboxylic acids is 2. The quantitative estimate of drug-likeness (QED) is 0.687. The van der Waals surface area contributed by atoms with Gasteiger partial charge in [-0.1, -0.05) is 46.4 Å². The lowest BCUT2D eigenvalue weighted by atomic mass is 9.67. The van der Waals surface area contributed by atoms with Crippen LogP contribution in [0.1, 0.15) is 40.2 Å². The van der Waals surface area contributed by atoms with Crippen molar-refractivity contribution in [3.05, 3.63) is 42.5 Å². The molecular weight excluding hydrogens is 390 g/mol. The fraction of sp³-hybridized carbons (Fsp3) is 0.524. The molecule has 160 valence electrons. The highest BCUT2D eigenvalue weighted by molar-refractivity contribution is 7.89. The van der Waals surface area contributed by atoms with Crippen LogP contribution in [-0.4, -0.2) is 43.7 Å². The maximum Gasteiger partial charge on any atom is 0.243 e. The van der Waals surface area contributed by atoms with Crippen LogP contribution in [0.5, 0.6) is 0 Å². The molecule has 0 bridgehead atoms. The van der Waals surface area contributed by atoms with Gasteiger partial charge >= 0.3 is 0 Å². The van der Waals surface area contributed by atoms with E-state index in [1.165, 1.54) is 17.3 Å². The first-order chi connectivity index (χ1) is 13.3. The summed E-state index contributed by atoms with van der Waals surface area (Å²) in [6, 6.07) is 6.34. The zero-order valence-corrected chi connectivity index (χ0v) is 18.6. The monoisotopic (exact) mass is 421 g/mol. The van der Waals surface area contributed by atoms with Crippen molar-refractivity contribution in [2.45, 2.75) is 52.1 Å². The Hall–Kier alpha value is -2.19. The molecule has 8 heteroatoms. The summed E-state index contributed by atoms with van der Waals surface area (Å²) < 4.78 is 28.0. The number of nitrogens with one attached hydrogen (secondary N) is 2. The summed E-state index contributed by atoms with van der Waals surface area (Å²) in [5, 5.41) is 5.67. The molecule has 0 radical (unpaired) electrons. The molecule has 7 nitrogen and oxygen atoms in total. The lowest BCUT2D eigenvalue weighted by Gasteiger charge is -2.52. The first kappa shape index (κ1) is 23.1. The molecule has 0 unspecified atom stereocenters. The Bertz CT molecular complexity index is 871. The van der Waals surface area contributed by atoms with Gasteiger partial charge in [0.25, 0.3) is 0 Å². The van der Waals surface area contributed by atoms with Gasteiger partial charge in [0.1, 0.15) is 0 Å². The standard InChI is InChI=1S/C21H31N3O4S/c1-7-18(26)23-19-20(3,4)13-24(14-21(19,5)6)29(27,28)17-10-8-16(9-11-17)12-22-15(2)25/h7-11,19H,1,12-14H2,2-6H3,(H,22,25)(H,23,26). The van der Waals surface area contributed by atoms with E-state index in [1.807, 2.05) is 27.7 Å². The molecule has 0 atom stereocenters. The lowest BCUT2D eigenvalue weighted by Crippen LogP contribution is -2.64. The van der Waals surface area contributed by atoms with Gasteiger partial charge in [0.2, 0.25) is 21.8 Å². The Labute approximate surface area is 173 Å². The smallest absolute Gasteiger partial charge is 0.243 e. The molecule has 1 aromatic rings. The van der Waals surface area contributed by atoms with Gasteiger partial charge in [-0.2, -0.15) is 4.31 Å². The average molecular weight is 422 g/mol. The third-order valence-electron chi connectivity index (χ3n) is 5.31. The zero-order chi connectivity index (χ0) is 22.0. The number of rotatable bonds is 6. The van der Waals surface area contributed by atoms with Crippen molar-refractivity contribution in [1.82, 2.24) is 14.9 Å². The Balaban J connectivity index is 2.26. The van der Waals surface area contributed by atoms with Crippen molar-refractivity contribution in [3.63, 3.8) is 0 Å². The summed E-state index contributed by atoms with van der Waals surface area (Å²) in [5.74, 6) is -0.403. The minimum absolute atomic E-state index is 0.141. The van der Waals surface area contributed by atoms with Crippen molar-refractivity contribution < 1.29 is 18.0 Å². The van der Waals surface area contributed by atoms with Gasteiger partial charge in [-0.25, -0.2) is 8.42 Å². The molecule has 0 aromatic heterocycles. The molecule has 1 saturated heterocycles. The maximum absolute atomic E-state index is 13.3. The van der Waals surface area contributed by atoms with E-state index in [0.29, 0.717) is 6.54 Å². The van der Waals surface area contributed by atoms with Gasteiger partial charge in [0.05, 0.1) is 4.90 Å². The molecule has 1 aromatic carbocycles. The lowest BCUT2D eigenvalue weighted by molar-refractivity contribution is -0.120. The number of benzene rings is 1. The Morgan fingerprint density at radius 2 is 1.66 bits per heavy atom. The second-order valence-electron chi connectivity index (χ2n) is 8.95. The Morgan fingerprint density at radius 3 is 2.10 bits per heavy atom. The van der Waals surface area contributed by atoms with E-state index in [0.717, 1.165) is 5.56 Å². The molecule has 1 fully saturated rings. The van der Waals surface area contributed by atoms with E-state index >= 15 is 0 Å². The number of nitrogens with zero attached hydrogens (tertiary/aromatic N) is 1. The summed E-state index contributed by atoms with van der Waals surface area (Å²) in [6.45, 7) is 13.7. The van der Waals surface area contributed by atoms with Crippen LogP contribution in [-0.2, 0) is 26.2 Å². The van der Waals surface area contributed by atoms with Crippen LogP contribution in [0.4, 0.5) is 0 Å². The minimum Gasteiger partial charge on any atom is -0.352 e. The molecule has 0 saturated carbocycles. The van der Waals surface area contributed by atoms with Gasteiger partial charge in [0, 0.05) is 32.6 Å². The van der Waals surface area contributed by atoms with Gasteiger partial charge in [-0.05, 0) is 34.6 Å². The second-order valence-corrected chi connectivity index (χ2v) is 10.9. The van der Waals surface area contributed by atoms with Crippen LogP contribution in [0.15, 0.2) is 41.8 Å². The third kappa shape index (κ3) is 5.25.